The molecule has 182 valence electrons. The van der Waals surface area contributed by atoms with E-state index < -0.39 is 0 Å². The van der Waals surface area contributed by atoms with E-state index in [4.69, 9.17) is 25.7 Å². The van der Waals surface area contributed by atoms with Crippen LogP contribution in [0.3, 0.4) is 0 Å². The van der Waals surface area contributed by atoms with Gasteiger partial charge in [0.05, 0.1) is 19.4 Å². The van der Waals surface area contributed by atoms with Gasteiger partial charge in [0.25, 0.3) is 0 Å². The summed E-state index contributed by atoms with van der Waals surface area (Å²) in [5.74, 6) is 0.206. The van der Waals surface area contributed by atoms with Crippen LogP contribution in [0.25, 0.3) is 0 Å². The van der Waals surface area contributed by atoms with Crippen LogP contribution in [0.2, 0.25) is 0 Å². The number of ether oxygens (including phenoxy) is 3. The third kappa shape index (κ3) is 5.51. The van der Waals surface area contributed by atoms with E-state index in [0.29, 0.717) is 25.2 Å². The highest BCUT2D eigenvalue weighted by molar-refractivity contribution is 5.74. The topological polar surface area (TPSA) is 134 Å². The first kappa shape index (κ1) is 24.0. The molecule has 2 atom stereocenters. The summed E-state index contributed by atoms with van der Waals surface area (Å²) >= 11 is 0. The van der Waals surface area contributed by atoms with Crippen molar-refractivity contribution in [1.29, 1.82) is 0 Å². The predicted octanol–water partition coefficient (Wildman–Crippen LogP) is 1.51. The Morgan fingerprint density at radius 2 is 1.56 bits per heavy atom. The van der Waals surface area contributed by atoms with Crippen LogP contribution in [-0.4, -0.2) is 48.9 Å². The minimum atomic E-state index is -0.361. The van der Waals surface area contributed by atoms with E-state index in [1.165, 1.54) is 0 Å². The lowest BCUT2D eigenvalue weighted by Gasteiger charge is -2.13. The maximum absolute atomic E-state index is 12.4. The van der Waals surface area contributed by atoms with E-state index in [0.717, 1.165) is 46.2 Å². The van der Waals surface area contributed by atoms with Crippen molar-refractivity contribution in [3.05, 3.63) is 57.6 Å². The summed E-state index contributed by atoms with van der Waals surface area (Å²) in [5, 5.41) is 10.0. The first-order chi connectivity index (χ1) is 16.3. The number of fused-ring (bicyclic) bond motifs is 2. The molecule has 8 nitrogen and oxygen atoms in total. The van der Waals surface area contributed by atoms with Crippen LogP contribution < -0.4 is 16.2 Å². The SMILES string of the molecule is CCOC(=O)Cc1cc(OCCOC(=O)Cc2ccc(O)c3c2CC(N)C3)cc2c1CC(N)C2. The summed E-state index contributed by atoms with van der Waals surface area (Å²) < 4.78 is 16.3. The Morgan fingerprint density at radius 3 is 2.35 bits per heavy atom. The van der Waals surface area contributed by atoms with E-state index >= 15 is 0 Å². The summed E-state index contributed by atoms with van der Waals surface area (Å²) in [5.41, 5.74) is 17.8. The second-order valence-corrected chi connectivity index (χ2v) is 8.99. The number of carbonyl (C=O) groups is 2. The molecule has 34 heavy (non-hydrogen) atoms. The lowest BCUT2D eigenvalue weighted by Crippen LogP contribution is -2.19. The highest BCUT2D eigenvalue weighted by Gasteiger charge is 2.26. The van der Waals surface area contributed by atoms with Crippen molar-refractivity contribution in [2.24, 2.45) is 11.5 Å². The highest BCUT2D eigenvalue weighted by atomic mass is 16.6. The van der Waals surface area contributed by atoms with E-state index in [1.807, 2.05) is 12.1 Å². The standard InChI is InChI=1S/C26H32N2O6/c1-2-32-25(30)11-17-9-20(8-16-7-18(27)12-21(16)17)33-5-6-34-26(31)10-15-3-4-24(29)23-14-19(28)13-22(15)23/h3-4,8-9,18-19,29H,2,5-7,10-14,27-28H2,1H3. The molecule has 0 heterocycles. The number of phenolic OH excluding ortho intramolecular Hbond substituents is 1. The summed E-state index contributed by atoms with van der Waals surface area (Å²) in [4.78, 5) is 24.4. The Balaban J connectivity index is 1.32. The Kier molecular flexibility index (Phi) is 7.38. The van der Waals surface area contributed by atoms with Crippen molar-refractivity contribution in [2.45, 2.75) is 57.5 Å². The molecule has 2 aliphatic rings. The first-order valence-electron chi connectivity index (χ1n) is 11.8. The number of hydrogen-bond donors (Lipinski definition) is 3. The van der Waals surface area contributed by atoms with Gasteiger partial charge in [0.1, 0.15) is 24.7 Å². The van der Waals surface area contributed by atoms with Crippen LogP contribution >= 0.6 is 0 Å². The number of phenols is 1. The summed E-state index contributed by atoms with van der Waals surface area (Å²) in [7, 11) is 0. The summed E-state index contributed by atoms with van der Waals surface area (Å²) in [6.45, 7) is 2.40. The number of nitrogens with two attached hydrogens (primary N) is 2. The van der Waals surface area contributed by atoms with Gasteiger partial charge in [-0.25, -0.2) is 0 Å². The molecule has 2 aromatic rings. The number of hydrogen-bond acceptors (Lipinski definition) is 8. The Hall–Kier alpha value is -3.10. The molecule has 5 N–H and O–H groups in total. The van der Waals surface area contributed by atoms with Gasteiger partial charge in [-0.3, -0.25) is 9.59 Å². The van der Waals surface area contributed by atoms with Crippen molar-refractivity contribution < 1.29 is 28.9 Å². The van der Waals surface area contributed by atoms with E-state index in [9.17, 15) is 14.7 Å². The number of carbonyl (C=O) groups excluding carboxylic acids is 2. The van der Waals surface area contributed by atoms with E-state index in [2.05, 4.69) is 0 Å². The minimum absolute atomic E-state index is 0.0306. The maximum Gasteiger partial charge on any atom is 0.310 e. The molecule has 0 saturated heterocycles. The number of aromatic hydroxyl groups is 1. The Bertz CT molecular complexity index is 1080. The van der Waals surface area contributed by atoms with Crippen molar-refractivity contribution in [1.82, 2.24) is 0 Å². The number of esters is 2. The molecule has 0 aromatic heterocycles. The molecular formula is C26H32N2O6. The molecular weight excluding hydrogens is 436 g/mol. The molecule has 0 aliphatic heterocycles. The molecule has 2 unspecified atom stereocenters. The third-order valence-electron chi connectivity index (χ3n) is 6.38. The van der Waals surface area contributed by atoms with Crippen molar-refractivity contribution in [3.63, 3.8) is 0 Å². The predicted molar refractivity (Wildman–Crippen MR) is 126 cm³/mol. The number of rotatable bonds is 9. The van der Waals surface area contributed by atoms with Crippen molar-refractivity contribution >= 4 is 11.9 Å². The third-order valence-corrected chi connectivity index (χ3v) is 6.38. The fourth-order valence-corrected chi connectivity index (χ4v) is 4.93. The molecule has 0 bridgehead atoms. The monoisotopic (exact) mass is 468 g/mol. The second-order valence-electron chi connectivity index (χ2n) is 8.99. The van der Waals surface area contributed by atoms with Crippen molar-refractivity contribution in [3.8, 4) is 11.5 Å². The molecule has 0 saturated carbocycles. The summed E-state index contributed by atoms with van der Waals surface area (Å²) in [6.07, 6.45) is 3.02. The van der Waals surface area contributed by atoms with Gasteiger partial charge in [-0.1, -0.05) is 6.07 Å². The van der Waals surface area contributed by atoms with Gasteiger partial charge in [0, 0.05) is 12.1 Å². The fourth-order valence-electron chi connectivity index (χ4n) is 4.93. The largest absolute Gasteiger partial charge is 0.508 e. The first-order valence-corrected chi connectivity index (χ1v) is 11.8. The smallest absolute Gasteiger partial charge is 0.310 e. The van der Waals surface area contributed by atoms with Gasteiger partial charge in [-0.15, -0.1) is 0 Å². The highest BCUT2D eigenvalue weighted by Crippen LogP contribution is 2.33. The van der Waals surface area contributed by atoms with Crippen LogP contribution in [0.1, 0.15) is 40.3 Å². The van der Waals surface area contributed by atoms with Gasteiger partial charge >= 0.3 is 11.9 Å². The van der Waals surface area contributed by atoms with Gasteiger partial charge in [0.2, 0.25) is 0 Å². The molecule has 2 aliphatic carbocycles. The van der Waals surface area contributed by atoms with Gasteiger partial charge < -0.3 is 30.8 Å². The zero-order valence-corrected chi connectivity index (χ0v) is 19.5. The zero-order valence-electron chi connectivity index (χ0n) is 19.5. The quantitative estimate of drug-likeness (QED) is 0.372. The van der Waals surface area contributed by atoms with Crippen LogP contribution in [0.4, 0.5) is 0 Å². The average Bonchev–Trinajstić information content (AvgIpc) is 3.36. The molecule has 0 fully saturated rings. The fraction of sp³-hybridized carbons (Fsp3) is 0.462. The molecule has 4 rings (SSSR count). The summed E-state index contributed by atoms with van der Waals surface area (Å²) in [6, 6.07) is 7.14. The van der Waals surface area contributed by atoms with Crippen LogP contribution in [-0.2, 0) is 57.6 Å². The minimum Gasteiger partial charge on any atom is -0.508 e. The van der Waals surface area contributed by atoms with Crippen LogP contribution in [0.15, 0.2) is 24.3 Å². The molecule has 2 aromatic carbocycles. The van der Waals surface area contributed by atoms with Crippen LogP contribution in [0, 0.1) is 0 Å². The lowest BCUT2D eigenvalue weighted by atomic mass is 10.00. The molecule has 0 amide bonds. The van der Waals surface area contributed by atoms with Crippen molar-refractivity contribution in [2.75, 3.05) is 19.8 Å². The molecule has 8 heteroatoms. The van der Waals surface area contributed by atoms with Gasteiger partial charge in [0.15, 0.2) is 0 Å². The van der Waals surface area contributed by atoms with Crippen LogP contribution in [0.5, 0.6) is 11.5 Å². The van der Waals surface area contributed by atoms with Gasteiger partial charge in [-0.05, 0) is 84.2 Å². The zero-order chi connectivity index (χ0) is 24.2. The normalized spacial score (nSPS) is 18.3. The average molecular weight is 469 g/mol. The molecule has 0 spiro atoms. The number of benzene rings is 2. The Labute approximate surface area is 199 Å². The molecule has 0 radical (unpaired) electrons. The second kappa shape index (κ2) is 10.4. The van der Waals surface area contributed by atoms with Gasteiger partial charge in [-0.2, -0.15) is 0 Å². The lowest BCUT2D eigenvalue weighted by molar-refractivity contribution is -0.144. The van der Waals surface area contributed by atoms with E-state index in [-0.39, 0.29) is 55.8 Å². The Morgan fingerprint density at radius 1 is 0.882 bits per heavy atom. The maximum atomic E-state index is 12.4. The van der Waals surface area contributed by atoms with E-state index in [1.54, 1.807) is 19.1 Å².